The number of esters is 1. The Morgan fingerprint density at radius 2 is 1.88 bits per heavy atom. The first kappa shape index (κ1) is 19.9. The van der Waals surface area contributed by atoms with Crippen molar-refractivity contribution < 1.29 is 19.1 Å². The molecule has 1 atom stereocenters. The Bertz CT molecular complexity index is 591. The number of ether oxygens (including phenoxy) is 1. The van der Waals surface area contributed by atoms with Crippen molar-refractivity contribution >= 4 is 17.7 Å². The van der Waals surface area contributed by atoms with Gasteiger partial charge in [0.05, 0.1) is 24.4 Å². The number of aromatic nitrogens is 2. The predicted octanol–water partition coefficient (Wildman–Crippen LogP) is 2.19. The van der Waals surface area contributed by atoms with Crippen LogP contribution < -0.4 is 5.32 Å². The van der Waals surface area contributed by atoms with E-state index in [1.165, 1.54) is 13.1 Å². The van der Waals surface area contributed by atoms with Crippen molar-refractivity contribution in [2.75, 3.05) is 6.61 Å². The van der Waals surface area contributed by atoms with Crippen LogP contribution in [0.3, 0.4) is 0 Å². The molecule has 0 saturated carbocycles. The van der Waals surface area contributed by atoms with Crippen molar-refractivity contribution in [1.82, 2.24) is 15.1 Å². The van der Waals surface area contributed by atoms with Crippen LogP contribution in [0.1, 0.15) is 69.1 Å². The van der Waals surface area contributed by atoms with E-state index in [4.69, 9.17) is 4.74 Å². The lowest BCUT2D eigenvalue weighted by Crippen LogP contribution is -2.43. The number of hydrogen-bond donors (Lipinski definition) is 1. The molecule has 134 valence electrons. The summed E-state index contributed by atoms with van der Waals surface area (Å²) in [5.41, 5.74) is 1.14. The van der Waals surface area contributed by atoms with Crippen LogP contribution in [0.4, 0.5) is 0 Å². The van der Waals surface area contributed by atoms with Crippen molar-refractivity contribution in [2.24, 2.45) is 0 Å². The minimum atomic E-state index is -0.981. The summed E-state index contributed by atoms with van der Waals surface area (Å²) in [5.74, 6) is -1.23. The zero-order chi connectivity index (χ0) is 18.3. The molecule has 0 aliphatic heterocycles. The van der Waals surface area contributed by atoms with E-state index in [1.54, 1.807) is 6.92 Å². The predicted molar refractivity (Wildman–Crippen MR) is 89.8 cm³/mol. The molecule has 7 heteroatoms. The van der Waals surface area contributed by atoms with Crippen LogP contribution in [0.15, 0.2) is 6.20 Å². The molecule has 24 heavy (non-hydrogen) atoms. The number of carbonyl (C=O) groups is 3. The number of nitrogens with zero attached hydrogens (tertiary/aromatic N) is 2. The van der Waals surface area contributed by atoms with Crippen LogP contribution in [-0.2, 0) is 14.3 Å². The summed E-state index contributed by atoms with van der Waals surface area (Å²) in [4.78, 5) is 35.8. The van der Waals surface area contributed by atoms with Gasteiger partial charge in [0, 0.05) is 12.1 Å². The standard InChI is InChI=1S/C17H27N3O4/c1-6-13(7-2)20-12(5)14(10-18-20)16(22)19-15(9-11(4)21)17(23)24-8-3/h10,13,15H,6-9H2,1-5H3,(H,19,22)/t15-/m1/s1. The maximum Gasteiger partial charge on any atom is 0.329 e. The molecular weight excluding hydrogens is 310 g/mol. The summed E-state index contributed by atoms with van der Waals surface area (Å²) in [5, 5.41) is 6.89. The molecule has 1 rings (SSSR count). The molecule has 1 heterocycles. The topological polar surface area (TPSA) is 90.3 Å². The van der Waals surface area contributed by atoms with E-state index in [1.807, 2.05) is 11.6 Å². The fourth-order valence-corrected chi connectivity index (χ4v) is 2.61. The summed E-state index contributed by atoms with van der Waals surface area (Å²) >= 11 is 0. The summed E-state index contributed by atoms with van der Waals surface area (Å²) in [7, 11) is 0. The van der Waals surface area contributed by atoms with Crippen molar-refractivity contribution in [3.63, 3.8) is 0 Å². The first-order valence-corrected chi connectivity index (χ1v) is 8.36. The molecule has 0 aliphatic carbocycles. The summed E-state index contributed by atoms with van der Waals surface area (Å²) in [6.45, 7) is 9.19. The monoisotopic (exact) mass is 337 g/mol. The normalized spacial score (nSPS) is 12.1. The molecule has 0 fully saturated rings. The Hall–Kier alpha value is -2.18. The Morgan fingerprint density at radius 1 is 1.25 bits per heavy atom. The van der Waals surface area contributed by atoms with Gasteiger partial charge in [-0.1, -0.05) is 13.8 Å². The molecular formula is C17H27N3O4. The van der Waals surface area contributed by atoms with Crippen LogP contribution in [0.5, 0.6) is 0 Å². The first-order valence-electron chi connectivity index (χ1n) is 8.36. The van der Waals surface area contributed by atoms with Crippen molar-refractivity contribution in [3.05, 3.63) is 17.5 Å². The Morgan fingerprint density at radius 3 is 2.38 bits per heavy atom. The molecule has 0 spiro atoms. The number of rotatable bonds is 9. The molecule has 0 aliphatic rings. The van der Waals surface area contributed by atoms with Gasteiger partial charge in [0.25, 0.3) is 5.91 Å². The highest BCUT2D eigenvalue weighted by Crippen LogP contribution is 2.19. The lowest BCUT2D eigenvalue weighted by Gasteiger charge is -2.17. The fraction of sp³-hybridized carbons (Fsp3) is 0.647. The van der Waals surface area contributed by atoms with Gasteiger partial charge in [-0.3, -0.25) is 14.3 Å². The molecule has 1 aromatic rings. The van der Waals surface area contributed by atoms with Crippen molar-refractivity contribution in [2.45, 2.75) is 66.0 Å². The average Bonchev–Trinajstić information content (AvgIpc) is 2.90. The number of Topliss-reactive ketones (excluding diaryl/α,β-unsaturated/α-hetero) is 1. The van der Waals surface area contributed by atoms with Crippen LogP contribution in [0.2, 0.25) is 0 Å². The Labute approximate surface area is 142 Å². The SMILES string of the molecule is CCOC(=O)[C@@H](CC(C)=O)NC(=O)c1cnn(C(CC)CC)c1C. The zero-order valence-electron chi connectivity index (χ0n) is 15.1. The third-order valence-electron chi connectivity index (χ3n) is 3.95. The summed E-state index contributed by atoms with van der Waals surface area (Å²) < 4.78 is 6.76. The van der Waals surface area contributed by atoms with E-state index < -0.39 is 17.9 Å². The molecule has 7 nitrogen and oxygen atoms in total. The molecule has 0 unspecified atom stereocenters. The Kier molecular flexibility index (Phi) is 7.61. The van der Waals surface area contributed by atoms with Crippen LogP contribution >= 0.6 is 0 Å². The highest BCUT2D eigenvalue weighted by Gasteiger charge is 2.26. The largest absolute Gasteiger partial charge is 0.464 e. The second-order valence-electron chi connectivity index (χ2n) is 5.74. The van der Waals surface area contributed by atoms with Crippen LogP contribution in [0, 0.1) is 6.92 Å². The number of carbonyl (C=O) groups excluding carboxylic acids is 3. The molecule has 0 radical (unpaired) electrons. The lowest BCUT2D eigenvalue weighted by atomic mass is 10.1. The van der Waals surface area contributed by atoms with Gasteiger partial charge < -0.3 is 10.1 Å². The van der Waals surface area contributed by atoms with Gasteiger partial charge in [-0.15, -0.1) is 0 Å². The number of nitrogens with one attached hydrogen (secondary N) is 1. The molecule has 0 bridgehead atoms. The quantitative estimate of drug-likeness (QED) is 0.698. The van der Waals surface area contributed by atoms with Gasteiger partial charge in [-0.05, 0) is 33.6 Å². The molecule has 1 aromatic heterocycles. The van der Waals surface area contributed by atoms with E-state index in [0.29, 0.717) is 5.56 Å². The fourth-order valence-electron chi connectivity index (χ4n) is 2.61. The highest BCUT2D eigenvalue weighted by atomic mass is 16.5. The van der Waals surface area contributed by atoms with E-state index in [2.05, 4.69) is 24.3 Å². The van der Waals surface area contributed by atoms with E-state index in [-0.39, 0.29) is 24.9 Å². The minimum absolute atomic E-state index is 0.0930. The van der Waals surface area contributed by atoms with Gasteiger partial charge in [0.15, 0.2) is 0 Å². The van der Waals surface area contributed by atoms with Gasteiger partial charge in [0.2, 0.25) is 0 Å². The summed E-state index contributed by atoms with van der Waals surface area (Å²) in [6.07, 6.45) is 3.23. The third-order valence-corrected chi connectivity index (χ3v) is 3.95. The summed E-state index contributed by atoms with van der Waals surface area (Å²) in [6, 6.07) is -0.754. The second kappa shape index (κ2) is 9.20. The molecule has 1 N–H and O–H groups in total. The molecule has 0 aromatic carbocycles. The van der Waals surface area contributed by atoms with Crippen molar-refractivity contribution in [1.29, 1.82) is 0 Å². The molecule has 0 saturated heterocycles. The van der Waals surface area contributed by atoms with Crippen LogP contribution in [0.25, 0.3) is 0 Å². The maximum atomic E-state index is 12.5. The van der Waals surface area contributed by atoms with Gasteiger partial charge in [-0.25, -0.2) is 4.79 Å². The zero-order valence-corrected chi connectivity index (χ0v) is 15.1. The van der Waals surface area contributed by atoms with E-state index in [9.17, 15) is 14.4 Å². The van der Waals surface area contributed by atoms with Gasteiger partial charge >= 0.3 is 5.97 Å². The smallest absolute Gasteiger partial charge is 0.329 e. The van der Waals surface area contributed by atoms with Gasteiger partial charge in [-0.2, -0.15) is 5.10 Å². The van der Waals surface area contributed by atoms with Crippen LogP contribution in [-0.4, -0.2) is 40.1 Å². The minimum Gasteiger partial charge on any atom is -0.464 e. The number of amides is 1. The van der Waals surface area contributed by atoms with Crippen molar-refractivity contribution in [3.8, 4) is 0 Å². The first-order chi connectivity index (χ1) is 11.3. The second-order valence-corrected chi connectivity index (χ2v) is 5.74. The average molecular weight is 337 g/mol. The van der Waals surface area contributed by atoms with E-state index >= 15 is 0 Å². The number of hydrogen-bond acceptors (Lipinski definition) is 5. The number of ketones is 1. The van der Waals surface area contributed by atoms with E-state index in [0.717, 1.165) is 18.5 Å². The van der Waals surface area contributed by atoms with Gasteiger partial charge in [0.1, 0.15) is 11.8 Å². The third kappa shape index (κ3) is 4.91. The maximum absolute atomic E-state index is 12.5. The highest BCUT2D eigenvalue weighted by molar-refractivity contribution is 5.98. The molecule has 1 amide bonds. The lowest BCUT2D eigenvalue weighted by molar-refractivity contribution is -0.146. The Balaban J connectivity index is 2.95.